The van der Waals surface area contributed by atoms with Crippen LogP contribution in [0, 0.1) is 0 Å². The third-order valence-corrected chi connectivity index (χ3v) is 7.87. The number of pyridine rings is 1. The molecule has 0 unspecified atom stereocenters. The number of allylic oxidation sites excluding steroid dienone is 4. The Morgan fingerprint density at radius 3 is 2.49 bits per heavy atom. The Bertz CT molecular complexity index is 1200. The molecule has 0 amide bonds. The second-order valence-electron chi connectivity index (χ2n) is 10.6. The number of methoxy groups -OCH3 is 1. The van der Waals surface area contributed by atoms with Gasteiger partial charge >= 0.3 is 0 Å². The van der Waals surface area contributed by atoms with Gasteiger partial charge in [-0.05, 0) is 57.8 Å². The molecule has 4 heterocycles. The van der Waals surface area contributed by atoms with E-state index in [-0.39, 0.29) is 0 Å². The van der Waals surface area contributed by atoms with Crippen LogP contribution >= 0.6 is 0 Å². The van der Waals surface area contributed by atoms with Gasteiger partial charge in [0.05, 0.1) is 18.5 Å². The summed E-state index contributed by atoms with van der Waals surface area (Å²) in [6.07, 6.45) is 11.6. The Kier molecular flexibility index (Phi) is 9.80. The number of aromatic nitrogens is 3. The van der Waals surface area contributed by atoms with Crippen LogP contribution in [-0.4, -0.2) is 84.3 Å². The number of nitrogen functional groups attached to an aromatic ring is 1. The Morgan fingerprint density at radius 2 is 1.87 bits per heavy atom. The monoisotopic (exact) mass is 535 g/mol. The summed E-state index contributed by atoms with van der Waals surface area (Å²) in [6, 6.07) is 0.921. The number of ether oxygens (including phenoxy) is 2. The third kappa shape index (κ3) is 6.70. The molecule has 0 atom stereocenters. The molecule has 2 aliphatic heterocycles. The Hall–Kier alpha value is -3.17. The molecule has 2 aliphatic rings. The molecular weight excluding hydrogens is 490 g/mol. The van der Waals surface area contributed by atoms with Gasteiger partial charge in [-0.25, -0.2) is 15.0 Å². The van der Waals surface area contributed by atoms with Crippen molar-refractivity contribution in [3.63, 3.8) is 0 Å². The number of hydrogen-bond donors (Lipinski definition) is 2. The first kappa shape index (κ1) is 28.8. The molecule has 0 spiro atoms. The van der Waals surface area contributed by atoms with Crippen molar-refractivity contribution in [2.45, 2.75) is 64.5 Å². The van der Waals surface area contributed by atoms with Gasteiger partial charge in [0.2, 0.25) is 0 Å². The quantitative estimate of drug-likeness (QED) is 0.333. The Balaban J connectivity index is 1.65. The molecule has 39 heavy (non-hydrogen) atoms. The average Bonchev–Trinajstić information content (AvgIpc) is 2.95. The van der Waals surface area contributed by atoms with Gasteiger partial charge in [-0.3, -0.25) is 0 Å². The topological polar surface area (TPSA) is 102 Å². The van der Waals surface area contributed by atoms with Crippen molar-refractivity contribution in [3.05, 3.63) is 47.6 Å². The lowest BCUT2D eigenvalue weighted by Crippen LogP contribution is -2.41. The highest BCUT2D eigenvalue weighted by molar-refractivity contribution is 5.96. The van der Waals surface area contributed by atoms with Crippen LogP contribution in [-0.2, 0) is 15.9 Å². The number of nitrogens with zero attached hydrogens (tertiary/aromatic N) is 5. The number of rotatable bonds is 10. The maximum atomic E-state index is 6.28. The van der Waals surface area contributed by atoms with Gasteiger partial charge in [0.25, 0.3) is 0 Å². The first-order chi connectivity index (χ1) is 18.9. The molecule has 2 fully saturated rings. The standard InChI is InChI=1S/C30H45N7O2/c1-7-24-30(33-21-13-17-39-18-14-21)35-27-23(19-32-29(31)28(27)34-24)20(3)9-10-25(26(8-2)38-6)37-15-11-22(12-16-37)36(4)5/h9-10,19,21-22H,3,7-8,11-18H2,1-2,4-6H3,(H2,31,32)(H,33,35)/b10-9-,26-25-. The van der Waals surface area contributed by atoms with E-state index in [4.69, 9.17) is 25.2 Å². The summed E-state index contributed by atoms with van der Waals surface area (Å²) in [5.41, 5.74) is 11.2. The van der Waals surface area contributed by atoms with E-state index >= 15 is 0 Å². The largest absolute Gasteiger partial charge is 0.499 e. The highest BCUT2D eigenvalue weighted by Gasteiger charge is 2.23. The summed E-state index contributed by atoms with van der Waals surface area (Å²) >= 11 is 0. The van der Waals surface area contributed by atoms with Crippen molar-refractivity contribution in [1.82, 2.24) is 24.8 Å². The molecule has 0 saturated carbocycles. The summed E-state index contributed by atoms with van der Waals surface area (Å²) in [4.78, 5) is 19.1. The molecule has 9 nitrogen and oxygen atoms in total. The second kappa shape index (κ2) is 13.3. The van der Waals surface area contributed by atoms with Crippen LogP contribution in [0.1, 0.15) is 57.2 Å². The van der Waals surface area contributed by atoms with E-state index in [2.05, 4.69) is 60.7 Å². The van der Waals surface area contributed by atoms with Gasteiger partial charge in [-0.15, -0.1) is 0 Å². The van der Waals surface area contributed by atoms with Crippen LogP contribution in [0.4, 0.5) is 11.6 Å². The number of nitrogens with two attached hydrogens (primary N) is 1. The maximum absolute atomic E-state index is 6.28. The van der Waals surface area contributed by atoms with Crippen molar-refractivity contribution in [3.8, 4) is 0 Å². The van der Waals surface area contributed by atoms with Crippen LogP contribution in [0.25, 0.3) is 16.6 Å². The molecule has 9 heteroatoms. The molecule has 3 N–H and O–H groups in total. The summed E-state index contributed by atoms with van der Waals surface area (Å²) in [7, 11) is 6.07. The van der Waals surface area contributed by atoms with Crippen LogP contribution in [0.5, 0.6) is 0 Å². The van der Waals surface area contributed by atoms with Crippen LogP contribution in [0.2, 0.25) is 0 Å². The molecule has 2 saturated heterocycles. The second-order valence-corrected chi connectivity index (χ2v) is 10.6. The van der Waals surface area contributed by atoms with Crippen molar-refractivity contribution in [2.24, 2.45) is 0 Å². The fourth-order valence-corrected chi connectivity index (χ4v) is 5.42. The maximum Gasteiger partial charge on any atom is 0.151 e. The SMILES string of the molecule is C=C(/C=C\C(=C(/CC)OC)N1CCC(N(C)C)CC1)c1cnc(N)c2nc(CC)c(NC3CCOCC3)nc12. The zero-order valence-electron chi connectivity index (χ0n) is 24.3. The molecule has 0 aliphatic carbocycles. The number of fused-ring (bicyclic) bond motifs is 1. The van der Waals surface area contributed by atoms with Crippen LogP contribution in [0.3, 0.4) is 0 Å². The van der Waals surface area contributed by atoms with Crippen molar-refractivity contribution in [1.29, 1.82) is 0 Å². The van der Waals surface area contributed by atoms with Crippen molar-refractivity contribution < 1.29 is 9.47 Å². The fourth-order valence-electron chi connectivity index (χ4n) is 5.42. The van der Waals surface area contributed by atoms with E-state index < -0.39 is 0 Å². The predicted octanol–water partition coefficient (Wildman–Crippen LogP) is 4.62. The van der Waals surface area contributed by atoms with Gasteiger partial charge in [-0.2, -0.15) is 0 Å². The third-order valence-electron chi connectivity index (χ3n) is 7.87. The van der Waals surface area contributed by atoms with E-state index in [0.29, 0.717) is 28.9 Å². The Morgan fingerprint density at radius 1 is 1.15 bits per heavy atom. The van der Waals surface area contributed by atoms with Gasteiger partial charge in [0, 0.05) is 56.6 Å². The van der Waals surface area contributed by atoms with E-state index in [9.17, 15) is 0 Å². The lowest BCUT2D eigenvalue weighted by atomic mass is 10.0. The van der Waals surface area contributed by atoms with Crippen LogP contribution in [0.15, 0.2) is 36.4 Å². The summed E-state index contributed by atoms with van der Waals surface area (Å²) in [6.45, 7) is 12.1. The minimum atomic E-state index is 0.312. The highest BCUT2D eigenvalue weighted by atomic mass is 16.5. The van der Waals surface area contributed by atoms with Crippen molar-refractivity contribution >= 4 is 28.2 Å². The molecule has 0 radical (unpaired) electrons. The Labute approximate surface area is 233 Å². The zero-order chi connectivity index (χ0) is 27.9. The molecule has 0 aromatic carbocycles. The van der Waals surface area contributed by atoms with Crippen molar-refractivity contribution in [2.75, 3.05) is 58.6 Å². The minimum Gasteiger partial charge on any atom is -0.499 e. The molecular formula is C30H45N7O2. The smallest absolute Gasteiger partial charge is 0.151 e. The average molecular weight is 536 g/mol. The number of hydrogen-bond acceptors (Lipinski definition) is 9. The number of likely N-dealkylation sites (tertiary alicyclic amines) is 1. The molecule has 212 valence electrons. The number of anilines is 2. The first-order valence-electron chi connectivity index (χ1n) is 14.2. The number of piperidine rings is 1. The molecule has 4 rings (SSSR count). The van der Waals surface area contributed by atoms with E-state index in [1.54, 1.807) is 13.3 Å². The number of aryl methyl sites for hydroxylation is 1. The van der Waals surface area contributed by atoms with Crippen LogP contribution < -0.4 is 11.1 Å². The van der Waals surface area contributed by atoms with E-state index in [1.807, 2.05) is 6.08 Å². The lowest BCUT2D eigenvalue weighted by molar-refractivity contribution is 0.0903. The van der Waals surface area contributed by atoms with Gasteiger partial charge in [0.15, 0.2) is 5.82 Å². The molecule has 2 aromatic heterocycles. The summed E-state index contributed by atoms with van der Waals surface area (Å²) in [5.74, 6) is 2.15. The zero-order valence-corrected chi connectivity index (χ0v) is 24.3. The first-order valence-corrected chi connectivity index (χ1v) is 14.2. The molecule has 2 aromatic rings. The number of nitrogens with one attached hydrogen (secondary N) is 1. The van der Waals surface area contributed by atoms with Gasteiger partial charge in [0.1, 0.15) is 22.6 Å². The van der Waals surface area contributed by atoms with Gasteiger partial charge < -0.3 is 30.3 Å². The predicted molar refractivity (Wildman–Crippen MR) is 159 cm³/mol. The normalized spacial score (nSPS) is 18.2. The lowest BCUT2D eigenvalue weighted by Gasteiger charge is -2.37. The van der Waals surface area contributed by atoms with E-state index in [0.717, 1.165) is 98.9 Å². The van der Waals surface area contributed by atoms with E-state index in [1.165, 1.54) is 0 Å². The molecule has 0 bridgehead atoms. The highest BCUT2D eigenvalue weighted by Crippen LogP contribution is 2.30. The minimum absolute atomic E-state index is 0.312. The van der Waals surface area contributed by atoms with Gasteiger partial charge in [-0.1, -0.05) is 26.5 Å². The summed E-state index contributed by atoms with van der Waals surface area (Å²) in [5, 5.41) is 3.62. The fraction of sp³-hybridized carbons (Fsp3) is 0.567. The summed E-state index contributed by atoms with van der Waals surface area (Å²) < 4.78 is 11.3.